The van der Waals surface area contributed by atoms with E-state index in [1.54, 1.807) is 17.5 Å². The minimum Gasteiger partial charge on any atom is -0.352 e. The van der Waals surface area contributed by atoms with E-state index in [4.69, 9.17) is 0 Å². The molecule has 138 valence electrons. The molecule has 0 unspecified atom stereocenters. The van der Waals surface area contributed by atoms with Crippen molar-refractivity contribution in [1.82, 2.24) is 9.97 Å². The van der Waals surface area contributed by atoms with E-state index in [9.17, 15) is 4.79 Å². The third-order valence-corrected chi connectivity index (χ3v) is 6.08. The highest BCUT2D eigenvalue weighted by Gasteiger charge is 2.31. The lowest BCUT2D eigenvalue weighted by Gasteiger charge is -2.23. The van der Waals surface area contributed by atoms with Crippen molar-refractivity contribution < 1.29 is 4.79 Å². The summed E-state index contributed by atoms with van der Waals surface area (Å²) in [5, 5.41) is 5.42. The number of rotatable bonds is 6. The molecule has 2 aromatic rings. The molecule has 2 aromatic heterocycles. The van der Waals surface area contributed by atoms with Gasteiger partial charge in [-0.15, -0.1) is 11.3 Å². The van der Waals surface area contributed by atoms with E-state index in [0.29, 0.717) is 17.7 Å². The summed E-state index contributed by atoms with van der Waals surface area (Å²) in [6.45, 7) is 4.87. The average Bonchev–Trinajstić information content (AvgIpc) is 3.35. The van der Waals surface area contributed by atoms with Crippen LogP contribution in [0.3, 0.4) is 0 Å². The van der Waals surface area contributed by atoms with Crippen LogP contribution in [0.4, 0.5) is 11.8 Å². The minimum absolute atomic E-state index is 0.110. The quantitative estimate of drug-likeness (QED) is 0.824. The van der Waals surface area contributed by atoms with Gasteiger partial charge in [0.15, 0.2) is 0 Å². The van der Waals surface area contributed by atoms with Gasteiger partial charge in [-0.3, -0.25) is 9.69 Å². The Morgan fingerprint density at radius 1 is 1.35 bits per heavy atom. The fraction of sp³-hybridized carbons (Fsp3) is 0.550. The third-order valence-electron chi connectivity index (χ3n) is 5.02. The first kappa shape index (κ1) is 17.5. The first-order valence-corrected chi connectivity index (χ1v) is 10.5. The molecular weight excluding hydrogens is 344 g/mol. The molecular formula is C20H26N4OS. The summed E-state index contributed by atoms with van der Waals surface area (Å²) in [5.41, 5.74) is 2.66. The Kier molecular flexibility index (Phi) is 4.94. The van der Waals surface area contributed by atoms with Gasteiger partial charge in [0.05, 0.1) is 4.88 Å². The van der Waals surface area contributed by atoms with Gasteiger partial charge in [-0.1, -0.05) is 0 Å². The SMILES string of the molecule is CC(C)Nc1nccc(N(CC2CC2)C(=O)c2scc3c2CCCC3)n1. The van der Waals surface area contributed by atoms with Gasteiger partial charge in [-0.25, -0.2) is 4.98 Å². The number of carbonyl (C=O) groups excluding carboxylic acids is 1. The van der Waals surface area contributed by atoms with Crippen LogP contribution in [0.1, 0.15) is 60.3 Å². The van der Waals surface area contributed by atoms with E-state index in [1.165, 1.54) is 36.8 Å². The number of fused-ring (bicyclic) bond motifs is 1. The lowest BCUT2D eigenvalue weighted by Crippen LogP contribution is -2.34. The van der Waals surface area contributed by atoms with Crippen LogP contribution < -0.4 is 10.2 Å². The standard InChI is InChI=1S/C20H26N4OS/c1-13(2)22-20-21-10-9-17(23-20)24(11-14-7-8-14)19(25)18-16-6-4-3-5-15(16)12-26-18/h9-10,12-14H,3-8,11H2,1-2H3,(H,21,22,23). The predicted octanol–water partition coefficient (Wildman–Crippen LogP) is 4.29. The number of aromatic nitrogens is 2. The van der Waals surface area contributed by atoms with E-state index < -0.39 is 0 Å². The molecule has 0 aromatic carbocycles. The van der Waals surface area contributed by atoms with Crippen molar-refractivity contribution in [2.75, 3.05) is 16.8 Å². The van der Waals surface area contributed by atoms with Crippen molar-refractivity contribution >= 4 is 29.0 Å². The van der Waals surface area contributed by atoms with Gasteiger partial charge in [0.1, 0.15) is 5.82 Å². The first-order chi connectivity index (χ1) is 12.6. The molecule has 2 heterocycles. The fourth-order valence-electron chi connectivity index (χ4n) is 3.49. The lowest BCUT2D eigenvalue weighted by molar-refractivity contribution is 0.0988. The second kappa shape index (κ2) is 7.35. The topological polar surface area (TPSA) is 58.1 Å². The van der Waals surface area contributed by atoms with Crippen LogP contribution in [0.15, 0.2) is 17.6 Å². The van der Waals surface area contributed by atoms with Crippen LogP contribution in [0.2, 0.25) is 0 Å². The van der Waals surface area contributed by atoms with Gasteiger partial charge in [0.25, 0.3) is 5.91 Å². The molecule has 1 fully saturated rings. The number of nitrogens with zero attached hydrogens (tertiary/aromatic N) is 3. The molecule has 26 heavy (non-hydrogen) atoms. The molecule has 2 aliphatic carbocycles. The number of hydrogen-bond acceptors (Lipinski definition) is 5. The zero-order valence-electron chi connectivity index (χ0n) is 15.5. The number of hydrogen-bond donors (Lipinski definition) is 1. The summed E-state index contributed by atoms with van der Waals surface area (Å²) < 4.78 is 0. The van der Waals surface area contributed by atoms with Gasteiger partial charge in [-0.05, 0) is 80.9 Å². The minimum atomic E-state index is 0.110. The molecule has 6 heteroatoms. The number of thiophene rings is 1. The van der Waals surface area contributed by atoms with Gasteiger partial charge in [0, 0.05) is 18.8 Å². The van der Waals surface area contributed by atoms with Crippen LogP contribution >= 0.6 is 11.3 Å². The van der Waals surface area contributed by atoms with E-state index in [2.05, 4.69) is 34.5 Å². The van der Waals surface area contributed by atoms with Crippen LogP contribution in [0, 0.1) is 5.92 Å². The highest BCUT2D eigenvalue weighted by Crippen LogP contribution is 2.35. The molecule has 0 aliphatic heterocycles. The Labute approximate surface area is 158 Å². The summed E-state index contributed by atoms with van der Waals surface area (Å²) in [7, 11) is 0. The Hall–Kier alpha value is -1.95. The molecule has 2 aliphatic rings. The van der Waals surface area contributed by atoms with Gasteiger partial charge >= 0.3 is 0 Å². The Morgan fingerprint density at radius 2 is 2.15 bits per heavy atom. The van der Waals surface area contributed by atoms with Crippen molar-refractivity contribution in [2.24, 2.45) is 5.92 Å². The predicted molar refractivity (Wildman–Crippen MR) is 106 cm³/mol. The first-order valence-electron chi connectivity index (χ1n) is 9.62. The molecule has 5 nitrogen and oxygen atoms in total. The summed E-state index contributed by atoms with van der Waals surface area (Å²) in [6, 6.07) is 2.11. The second-order valence-corrected chi connectivity index (χ2v) is 8.55. The normalized spacial score (nSPS) is 16.4. The van der Waals surface area contributed by atoms with Crippen molar-refractivity contribution in [2.45, 2.75) is 58.4 Å². The lowest BCUT2D eigenvalue weighted by atomic mass is 9.93. The summed E-state index contributed by atoms with van der Waals surface area (Å²) in [5.74, 6) is 2.00. The van der Waals surface area contributed by atoms with Crippen molar-refractivity contribution in [1.29, 1.82) is 0 Å². The molecule has 0 bridgehead atoms. The van der Waals surface area contributed by atoms with Crippen molar-refractivity contribution in [3.05, 3.63) is 33.6 Å². The fourth-order valence-corrected chi connectivity index (χ4v) is 4.59. The molecule has 1 N–H and O–H groups in total. The van der Waals surface area contributed by atoms with Crippen molar-refractivity contribution in [3.63, 3.8) is 0 Å². The van der Waals surface area contributed by atoms with Crippen LogP contribution in [-0.4, -0.2) is 28.5 Å². The maximum atomic E-state index is 13.4. The summed E-state index contributed by atoms with van der Waals surface area (Å²) in [6.07, 6.45) is 8.70. The van der Waals surface area contributed by atoms with E-state index in [1.807, 2.05) is 11.0 Å². The maximum absolute atomic E-state index is 13.4. The van der Waals surface area contributed by atoms with E-state index in [0.717, 1.165) is 24.3 Å². The number of anilines is 2. The van der Waals surface area contributed by atoms with Crippen LogP contribution in [0.25, 0.3) is 0 Å². The molecule has 0 atom stereocenters. The molecule has 0 saturated heterocycles. The Morgan fingerprint density at radius 3 is 2.92 bits per heavy atom. The Balaban J connectivity index is 1.64. The Bertz CT molecular complexity index is 797. The number of amides is 1. The summed E-state index contributed by atoms with van der Waals surface area (Å²) in [4.78, 5) is 25.1. The average molecular weight is 371 g/mol. The zero-order chi connectivity index (χ0) is 18.1. The zero-order valence-corrected chi connectivity index (χ0v) is 16.3. The van der Waals surface area contributed by atoms with Gasteiger partial charge in [-0.2, -0.15) is 4.98 Å². The highest BCUT2D eigenvalue weighted by molar-refractivity contribution is 7.12. The number of carbonyl (C=O) groups is 1. The van der Waals surface area contributed by atoms with E-state index >= 15 is 0 Å². The number of nitrogens with one attached hydrogen (secondary N) is 1. The van der Waals surface area contributed by atoms with Crippen molar-refractivity contribution in [3.8, 4) is 0 Å². The van der Waals surface area contributed by atoms with E-state index in [-0.39, 0.29) is 11.9 Å². The largest absolute Gasteiger partial charge is 0.352 e. The molecule has 1 amide bonds. The molecule has 0 spiro atoms. The summed E-state index contributed by atoms with van der Waals surface area (Å²) >= 11 is 1.61. The molecule has 4 rings (SSSR count). The maximum Gasteiger partial charge on any atom is 0.269 e. The van der Waals surface area contributed by atoms with Gasteiger partial charge < -0.3 is 5.32 Å². The monoisotopic (exact) mass is 370 g/mol. The molecule has 1 saturated carbocycles. The third kappa shape index (κ3) is 3.75. The number of aryl methyl sites for hydroxylation is 1. The molecule has 0 radical (unpaired) electrons. The second-order valence-electron chi connectivity index (χ2n) is 7.67. The highest BCUT2D eigenvalue weighted by atomic mass is 32.1. The smallest absolute Gasteiger partial charge is 0.269 e. The van der Waals surface area contributed by atoms with Gasteiger partial charge in [0.2, 0.25) is 5.95 Å². The van der Waals surface area contributed by atoms with Crippen LogP contribution in [0.5, 0.6) is 0 Å². The van der Waals surface area contributed by atoms with Crippen LogP contribution in [-0.2, 0) is 12.8 Å².